The topological polar surface area (TPSA) is 61.9 Å². The van der Waals surface area contributed by atoms with Gasteiger partial charge in [-0.25, -0.2) is 0 Å². The van der Waals surface area contributed by atoms with E-state index >= 15 is 0 Å². The number of carbonyl (C=O) groups is 1. The lowest BCUT2D eigenvalue weighted by molar-refractivity contribution is 0.0771. The molecule has 1 rings (SSSR count). The molecule has 0 aliphatic carbocycles. The van der Waals surface area contributed by atoms with Crippen LogP contribution in [0, 0.1) is 25.2 Å². The van der Waals surface area contributed by atoms with Gasteiger partial charge in [-0.1, -0.05) is 0 Å². The maximum atomic E-state index is 12.1. The van der Waals surface area contributed by atoms with Crippen LogP contribution < -0.4 is 0 Å². The molecular formula is C11H16N4O. The van der Waals surface area contributed by atoms with E-state index < -0.39 is 6.04 Å². The van der Waals surface area contributed by atoms with Crippen LogP contribution in [0.3, 0.4) is 0 Å². The zero-order chi connectivity index (χ0) is 12.5. The van der Waals surface area contributed by atoms with Crippen molar-refractivity contribution >= 4 is 5.91 Å². The Bertz CT molecular complexity index is 455. The summed E-state index contributed by atoms with van der Waals surface area (Å²) >= 11 is 0. The summed E-state index contributed by atoms with van der Waals surface area (Å²) in [4.78, 5) is 13.5. The Morgan fingerprint density at radius 3 is 2.50 bits per heavy atom. The fourth-order valence-corrected chi connectivity index (χ4v) is 1.52. The van der Waals surface area contributed by atoms with Crippen molar-refractivity contribution in [3.05, 3.63) is 17.0 Å². The zero-order valence-corrected chi connectivity index (χ0v) is 10.3. The summed E-state index contributed by atoms with van der Waals surface area (Å²) in [6.07, 6.45) is 0. The lowest BCUT2D eigenvalue weighted by atomic mass is 10.1. The molecule has 1 aromatic heterocycles. The first-order chi connectivity index (χ1) is 7.40. The molecular weight excluding hydrogens is 204 g/mol. The zero-order valence-electron chi connectivity index (χ0n) is 10.3. The summed E-state index contributed by atoms with van der Waals surface area (Å²) < 4.78 is 1.67. The van der Waals surface area contributed by atoms with Crippen LogP contribution in [0.5, 0.6) is 0 Å². The number of hydrogen-bond acceptors (Lipinski definition) is 3. The SMILES string of the molecule is Cc1nn(C)c(C)c1C(=O)N(C)C(C)C#N. The molecule has 1 amide bonds. The molecule has 0 saturated heterocycles. The van der Waals surface area contributed by atoms with E-state index in [-0.39, 0.29) is 5.91 Å². The van der Waals surface area contributed by atoms with Crippen LogP contribution in [0.2, 0.25) is 0 Å². The highest BCUT2D eigenvalue weighted by atomic mass is 16.2. The molecule has 0 aromatic carbocycles. The van der Waals surface area contributed by atoms with Crippen molar-refractivity contribution in [2.24, 2.45) is 7.05 Å². The Balaban J connectivity index is 3.11. The van der Waals surface area contributed by atoms with Gasteiger partial charge in [0.2, 0.25) is 0 Å². The first-order valence-corrected chi connectivity index (χ1v) is 5.07. The number of aromatic nitrogens is 2. The highest BCUT2D eigenvalue weighted by molar-refractivity contribution is 5.96. The Morgan fingerprint density at radius 2 is 2.12 bits per heavy atom. The third kappa shape index (κ3) is 1.91. The van der Waals surface area contributed by atoms with E-state index in [2.05, 4.69) is 5.10 Å². The van der Waals surface area contributed by atoms with Gasteiger partial charge in [-0.15, -0.1) is 0 Å². The van der Waals surface area contributed by atoms with E-state index in [1.165, 1.54) is 4.90 Å². The molecule has 0 bridgehead atoms. The Hall–Kier alpha value is -1.83. The number of carbonyl (C=O) groups excluding carboxylic acids is 1. The third-order valence-electron chi connectivity index (χ3n) is 2.81. The van der Waals surface area contributed by atoms with E-state index in [1.807, 2.05) is 13.0 Å². The number of hydrogen-bond donors (Lipinski definition) is 0. The van der Waals surface area contributed by atoms with Gasteiger partial charge in [0.25, 0.3) is 5.91 Å². The molecule has 0 N–H and O–H groups in total. The molecule has 1 unspecified atom stereocenters. The lowest BCUT2D eigenvalue weighted by Gasteiger charge is -2.19. The summed E-state index contributed by atoms with van der Waals surface area (Å²) in [5.41, 5.74) is 2.11. The fourth-order valence-electron chi connectivity index (χ4n) is 1.52. The molecule has 1 atom stereocenters. The van der Waals surface area contributed by atoms with Gasteiger partial charge in [-0.3, -0.25) is 9.48 Å². The van der Waals surface area contributed by atoms with Crippen LogP contribution in [0.15, 0.2) is 0 Å². The van der Waals surface area contributed by atoms with Crippen molar-refractivity contribution in [3.8, 4) is 6.07 Å². The van der Waals surface area contributed by atoms with Gasteiger partial charge in [0.15, 0.2) is 0 Å². The van der Waals surface area contributed by atoms with Gasteiger partial charge in [0.05, 0.1) is 17.3 Å². The summed E-state index contributed by atoms with van der Waals surface area (Å²) in [5.74, 6) is -0.155. The number of nitriles is 1. The molecule has 1 aromatic rings. The fraction of sp³-hybridized carbons (Fsp3) is 0.545. The number of amides is 1. The van der Waals surface area contributed by atoms with Crippen molar-refractivity contribution in [3.63, 3.8) is 0 Å². The second kappa shape index (κ2) is 4.35. The van der Waals surface area contributed by atoms with Crippen LogP contribution in [-0.2, 0) is 7.05 Å². The highest BCUT2D eigenvalue weighted by Gasteiger charge is 2.23. The van der Waals surface area contributed by atoms with Gasteiger partial charge < -0.3 is 4.90 Å². The maximum absolute atomic E-state index is 12.1. The minimum Gasteiger partial charge on any atom is -0.326 e. The average molecular weight is 220 g/mol. The molecule has 1 heterocycles. The number of aryl methyl sites for hydroxylation is 2. The van der Waals surface area contributed by atoms with Crippen LogP contribution in [-0.4, -0.2) is 33.7 Å². The molecule has 5 nitrogen and oxygen atoms in total. The number of nitrogens with zero attached hydrogens (tertiary/aromatic N) is 4. The molecule has 5 heteroatoms. The highest BCUT2D eigenvalue weighted by Crippen LogP contribution is 2.15. The molecule has 0 radical (unpaired) electrons. The third-order valence-corrected chi connectivity index (χ3v) is 2.81. The first kappa shape index (κ1) is 12.2. The monoisotopic (exact) mass is 220 g/mol. The van der Waals surface area contributed by atoms with Crippen LogP contribution in [0.1, 0.15) is 28.7 Å². The van der Waals surface area contributed by atoms with Gasteiger partial charge in [0, 0.05) is 19.8 Å². The summed E-state index contributed by atoms with van der Waals surface area (Å²) in [7, 11) is 3.43. The van der Waals surface area contributed by atoms with E-state index in [4.69, 9.17) is 5.26 Å². The molecule has 16 heavy (non-hydrogen) atoms. The molecule has 0 aliphatic rings. The van der Waals surface area contributed by atoms with E-state index in [0.29, 0.717) is 11.3 Å². The second-order valence-electron chi connectivity index (χ2n) is 3.89. The summed E-state index contributed by atoms with van der Waals surface area (Å²) in [6, 6.07) is 1.60. The van der Waals surface area contributed by atoms with Crippen molar-refractivity contribution in [1.29, 1.82) is 5.26 Å². The van der Waals surface area contributed by atoms with Gasteiger partial charge in [-0.05, 0) is 20.8 Å². The molecule has 0 aliphatic heterocycles. The predicted octanol–water partition coefficient (Wildman–Crippen LogP) is 1.02. The molecule has 0 spiro atoms. The smallest absolute Gasteiger partial charge is 0.258 e. The predicted molar refractivity (Wildman–Crippen MR) is 59.9 cm³/mol. The lowest BCUT2D eigenvalue weighted by Crippen LogP contribution is -2.34. The minimum absolute atomic E-state index is 0.155. The van der Waals surface area contributed by atoms with Gasteiger partial charge >= 0.3 is 0 Å². The van der Waals surface area contributed by atoms with Gasteiger partial charge in [0.1, 0.15) is 6.04 Å². The summed E-state index contributed by atoms with van der Waals surface area (Å²) in [5, 5.41) is 13.0. The average Bonchev–Trinajstić information content (AvgIpc) is 2.50. The largest absolute Gasteiger partial charge is 0.326 e. The normalized spacial score (nSPS) is 12.0. The van der Waals surface area contributed by atoms with Gasteiger partial charge in [-0.2, -0.15) is 10.4 Å². The van der Waals surface area contributed by atoms with E-state index in [9.17, 15) is 4.79 Å². The van der Waals surface area contributed by atoms with Crippen molar-refractivity contribution in [2.75, 3.05) is 7.05 Å². The second-order valence-corrected chi connectivity index (χ2v) is 3.89. The van der Waals surface area contributed by atoms with E-state index in [1.54, 1.807) is 32.6 Å². The van der Waals surface area contributed by atoms with Crippen molar-refractivity contribution in [2.45, 2.75) is 26.8 Å². The summed E-state index contributed by atoms with van der Waals surface area (Å²) in [6.45, 7) is 5.34. The Labute approximate surface area is 95.3 Å². The van der Waals surface area contributed by atoms with Crippen LogP contribution >= 0.6 is 0 Å². The quantitative estimate of drug-likeness (QED) is 0.747. The van der Waals surface area contributed by atoms with Crippen LogP contribution in [0.4, 0.5) is 0 Å². The van der Waals surface area contributed by atoms with Crippen molar-refractivity contribution < 1.29 is 4.79 Å². The first-order valence-electron chi connectivity index (χ1n) is 5.07. The van der Waals surface area contributed by atoms with Crippen LogP contribution in [0.25, 0.3) is 0 Å². The number of rotatable bonds is 2. The standard InChI is InChI=1S/C11H16N4O/c1-7(6-12)14(4)11(16)10-8(2)13-15(5)9(10)3/h7H,1-5H3. The van der Waals surface area contributed by atoms with E-state index in [0.717, 1.165) is 5.69 Å². The maximum Gasteiger partial charge on any atom is 0.258 e. The van der Waals surface area contributed by atoms with Crippen molar-refractivity contribution in [1.82, 2.24) is 14.7 Å². The Kier molecular flexibility index (Phi) is 3.33. The molecule has 0 fully saturated rings. The minimum atomic E-state index is -0.438. The Morgan fingerprint density at radius 1 is 1.56 bits per heavy atom. The molecule has 0 saturated carbocycles. The molecule has 86 valence electrons.